The molecule has 0 radical (unpaired) electrons. The Hall–Kier alpha value is -3.56. The predicted octanol–water partition coefficient (Wildman–Crippen LogP) is 5.76. The Balaban J connectivity index is 1.26. The van der Waals surface area contributed by atoms with E-state index in [-0.39, 0.29) is 12.1 Å². The summed E-state index contributed by atoms with van der Waals surface area (Å²) >= 11 is 0. The fraction of sp³-hybridized carbons (Fsp3) is 0.345. The largest absolute Gasteiger partial charge is 0.457 e. The van der Waals surface area contributed by atoms with Gasteiger partial charge in [0, 0.05) is 43.6 Å². The van der Waals surface area contributed by atoms with E-state index in [2.05, 4.69) is 34.0 Å². The molecule has 0 atom stereocenters. The number of hydrogen-bond donors (Lipinski definition) is 2. The van der Waals surface area contributed by atoms with Crippen LogP contribution in [-0.2, 0) is 16.6 Å². The fourth-order valence-corrected chi connectivity index (χ4v) is 5.22. The Morgan fingerprint density at radius 3 is 2.11 bits per heavy atom. The lowest BCUT2D eigenvalue weighted by Crippen LogP contribution is -2.48. The Morgan fingerprint density at radius 1 is 0.921 bits per heavy atom. The number of piperidine rings is 1. The number of rotatable bonds is 10. The SMILES string of the molecule is CCCN(C(=O)Nc1ccccc1)C1CCN(Cc2ccc(Oc3ccc(NS(C)(=O)=O)cc3)cc2)CC1. The highest BCUT2D eigenvalue weighted by Gasteiger charge is 2.27. The molecule has 1 fully saturated rings. The van der Waals surface area contributed by atoms with Gasteiger partial charge in [-0.05, 0) is 73.4 Å². The summed E-state index contributed by atoms with van der Waals surface area (Å²) in [6.45, 7) is 5.59. The number of hydrogen-bond acceptors (Lipinski definition) is 5. The third-order valence-electron chi connectivity index (χ3n) is 6.47. The van der Waals surface area contributed by atoms with Crippen LogP contribution in [0.25, 0.3) is 0 Å². The van der Waals surface area contributed by atoms with E-state index in [0.717, 1.165) is 63.1 Å². The lowest BCUT2D eigenvalue weighted by molar-refractivity contribution is 0.123. The molecule has 2 amide bonds. The topological polar surface area (TPSA) is 91.0 Å². The van der Waals surface area contributed by atoms with Crippen molar-refractivity contribution in [1.29, 1.82) is 0 Å². The van der Waals surface area contributed by atoms with Crippen molar-refractivity contribution < 1.29 is 17.9 Å². The van der Waals surface area contributed by atoms with Crippen molar-refractivity contribution in [3.8, 4) is 11.5 Å². The number of ether oxygens (including phenoxy) is 1. The van der Waals surface area contributed by atoms with Gasteiger partial charge in [-0.1, -0.05) is 37.3 Å². The number of carbonyl (C=O) groups excluding carboxylic acids is 1. The number of nitrogens with zero attached hydrogens (tertiary/aromatic N) is 2. The maximum Gasteiger partial charge on any atom is 0.322 e. The highest BCUT2D eigenvalue weighted by Crippen LogP contribution is 2.25. The zero-order chi connectivity index (χ0) is 27.0. The van der Waals surface area contributed by atoms with Crippen molar-refractivity contribution in [2.24, 2.45) is 0 Å². The van der Waals surface area contributed by atoms with Gasteiger partial charge >= 0.3 is 6.03 Å². The summed E-state index contributed by atoms with van der Waals surface area (Å²) in [5, 5.41) is 3.04. The fourth-order valence-electron chi connectivity index (χ4n) is 4.66. The average molecular weight is 537 g/mol. The molecule has 1 aliphatic heterocycles. The molecule has 4 rings (SSSR count). The first-order valence-corrected chi connectivity index (χ1v) is 14.9. The van der Waals surface area contributed by atoms with Crippen LogP contribution >= 0.6 is 0 Å². The Kier molecular flexibility index (Phi) is 9.25. The maximum atomic E-state index is 13.0. The van der Waals surface area contributed by atoms with Crippen LogP contribution in [0.1, 0.15) is 31.7 Å². The second-order valence-electron chi connectivity index (χ2n) is 9.64. The smallest absolute Gasteiger partial charge is 0.322 e. The molecule has 202 valence electrons. The van der Waals surface area contributed by atoms with Gasteiger partial charge in [-0.15, -0.1) is 0 Å². The molecule has 1 aliphatic rings. The second-order valence-corrected chi connectivity index (χ2v) is 11.4. The Morgan fingerprint density at radius 2 is 1.53 bits per heavy atom. The van der Waals surface area contributed by atoms with Crippen molar-refractivity contribution in [1.82, 2.24) is 9.80 Å². The van der Waals surface area contributed by atoms with E-state index in [1.165, 1.54) is 5.56 Å². The molecule has 38 heavy (non-hydrogen) atoms. The van der Waals surface area contributed by atoms with Crippen molar-refractivity contribution in [2.75, 3.05) is 35.9 Å². The molecular formula is C29H36N4O4S. The molecule has 0 bridgehead atoms. The molecule has 0 aliphatic carbocycles. The van der Waals surface area contributed by atoms with Crippen LogP contribution in [0.5, 0.6) is 11.5 Å². The van der Waals surface area contributed by atoms with Gasteiger partial charge in [0.2, 0.25) is 10.0 Å². The number of benzene rings is 3. The van der Waals surface area contributed by atoms with Crippen molar-refractivity contribution >= 4 is 27.4 Å². The van der Waals surface area contributed by atoms with Crippen LogP contribution in [0.2, 0.25) is 0 Å². The average Bonchev–Trinajstić information content (AvgIpc) is 2.90. The quantitative estimate of drug-likeness (QED) is 0.344. The van der Waals surface area contributed by atoms with E-state index in [9.17, 15) is 13.2 Å². The van der Waals surface area contributed by atoms with E-state index in [1.807, 2.05) is 47.4 Å². The zero-order valence-electron chi connectivity index (χ0n) is 22.0. The van der Waals surface area contributed by atoms with Gasteiger partial charge in [-0.2, -0.15) is 0 Å². The zero-order valence-corrected chi connectivity index (χ0v) is 22.8. The molecule has 3 aromatic carbocycles. The van der Waals surface area contributed by atoms with Gasteiger partial charge in [-0.25, -0.2) is 13.2 Å². The second kappa shape index (κ2) is 12.8. The highest BCUT2D eigenvalue weighted by molar-refractivity contribution is 7.92. The standard InChI is InChI=1S/C29H36N4O4S/c1-3-19-33(29(34)30-24-7-5-4-6-8-24)26-17-20-32(21-18-26)22-23-9-13-27(14-10-23)37-28-15-11-25(12-16-28)31-38(2,35)36/h4-16,26,31H,3,17-22H2,1-2H3,(H,30,34). The van der Waals surface area contributed by atoms with Crippen LogP contribution in [0.3, 0.4) is 0 Å². The number of anilines is 2. The number of carbonyl (C=O) groups is 1. The van der Waals surface area contributed by atoms with Gasteiger partial charge < -0.3 is 15.0 Å². The van der Waals surface area contributed by atoms with Gasteiger partial charge in [0.25, 0.3) is 0 Å². The van der Waals surface area contributed by atoms with Crippen molar-refractivity contribution in [2.45, 2.75) is 38.8 Å². The van der Waals surface area contributed by atoms with Gasteiger partial charge in [-0.3, -0.25) is 9.62 Å². The molecule has 1 saturated heterocycles. The molecule has 0 spiro atoms. The molecule has 9 heteroatoms. The third kappa shape index (κ3) is 8.22. The molecule has 2 N–H and O–H groups in total. The number of para-hydroxylation sites is 1. The van der Waals surface area contributed by atoms with Crippen LogP contribution in [0, 0.1) is 0 Å². The minimum atomic E-state index is -3.31. The van der Waals surface area contributed by atoms with Crippen molar-refractivity contribution in [3.05, 3.63) is 84.4 Å². The molecule has 1 heterocycles. The van der Waals surface area contributed by atoms with Crippen LogP contribution in [-0.4, -0.2) is 56.2 Å². The normalized spacial score (nSPS) is 14.6. The summed E-state index contributed by atoms with van der Waals surface area (Å²) < 4.78 is 31.0. The van der Waals surface area contributed by atoms with Crippen LogP contribution in [0.15, 0.2) is 78.9 Å². The third-order valence-corrected chi connectivity index (χ3v) is 7.08. The summed E-state index contributed by atoms with van der Waals surface area (Å²) in [6, 6.07) is 24.7. The number of nitrogens with one attached hydrogen (secondary N) is 2. The maximum absolute atomic E-state index is 13.0. The Labute approximate surface area is 225 Å². The number of likely N-dealkylation sites (tertiary alicyclic amines) is 1. The summed E-state index contributed by atoms with van der Waals surface area (Å²) in [7, 11) is -3.31. The van der Waals surface area contributed by atoms with E-state index >= 15 is 0 Å². The lowest BCUT2D eigenvalue weighted by Gasteiger charge is -2.38. The monoisotopic (exact) mass is 536 g/mol. The van der Waals surface area contributed by atoms with Crippen LogP contribution < -0.4 is 14.8 Å². The first-order chi connectivity index (χ1) is 18.3. The summed E-state index contributed by atoms with van der Waals surface area (Å²) in [6.07, 6.45) is 3.95. The van der Waals surface area contributed by atoms with Gasteiger partial charge in [0.15, 0.2) is 0 Å². The Bertz CT molecular complexity index is 1270. The van der Waals surface area contributed by atoms with Gasteiger partial charge in [0.1, 0.15) is 11.5 Å². The summed E-state index contributed by atoms with van der Waals surface area (Å²) in [5.41, 5.74) is 2.52. The van der Waals surface area contributed by atoms with Crippen LogP contribution in [0.4, 0.5) is 16.2 Å². The summed E-state index contributed by atoms with van der Waals surface area (Å²) in [4.78, 5) is 17.4. The number of urea groups is 1. The number of amides is 2. The van der Waals surface area contributed by atoms with Gasteiger partial charge in [0.05, 0.1) is 6.26 Å². The lowest BCUT2D eigenvalue weighted by atomic mass is 10.0. The van der Waals surface area contributed by atoms with E-state index in [4.69, 9.17) is 4.74 Å². The van der Waals surface area contributed by atoms with E-state index in [0.29, 0.717) is 11.4 Å². The molecule has 3 aromatic rings. The molecule has 0 unspecified atom stereocenters. The molecule has 0 aromatic heterocycles. The predicted molar refractivity (Wildman–Crippen MR) is 152 cm³/mol. The number of sulfonamides is 1. The van der Waals surface area contributed by atoms with Crippen molar-refractivity contribution in [3.63, 3.8) is 0 Å². The van der Waals surface area contributed by atoms with E-state index in [1.54, 1.807) is 24.3 Å². The van der Waals surface area contributed by atoms with E-state index < -0.39 is 10.0 Å². The summed E-state index contributed by atoms with van der Waals surface area (Å²) in [5.74, 6) is 1.35. The minimum absolute atomic E-state index is 0.0200. The molecular weight excluding hydrogens is 500 g/mol. The molecule has 0 saturated carbocycles. The first kappa shape index (κ1) is 27.5. The first-order valence-electron chi connectivity index (χ1n) is 13.0. The molecule has 8 nitrogen and oxygen atoms in total. The minimum Gasteiger partial charge on any atom is -0.457 e. The highest BCUT2D eigenvalue weighted by atomic mass is 32.2.